The van der Waals surface area contributed by atoms with Gasteiger partial charge < -0.3 is 15.1 Å². The monoisotopic (exact) mass is 495 g/mol. The van der Waals surface area contributed by atoms with E-state index < -0.39 is 45.8 Å². The number of amides is 2. The van der Waals surface area contributed by atoms with Crippen LogP contribution in [0.15, 0.2) is 65.5 Å². The number of para-hydroxylation sites is 1. The molecular formula is C22H20F3N3O5S. The summed E-state index contributed by atoms with van der Waals surface area (Å²) in [6, 6.07) is 10.6. The molecule has 2 amide bonds. The number of nitrogens with one attached hydrogen (secondary N) is 2. The number of halogens is 3. The molecule has 12 heteroatoms. The Kier molecular flexibility index (Phi) is 7.01. The molecule has 2 aromatic carbocycles. The van der Waals surface area contributed by atoms with Gasteiger partial charge >= 0.3 is 6.18 Å². The highest BCUT2D eigenvalue weighted by Crippen LogP contribution is 2.37. The van der Waals surface area contributed by atoms with E-state index in [1.165, 1.54) is 24.5 Å². The molecule has 0 aliphatic heterocycles. The fourth-order valence-corrected chi connectivity index (χ4v) is 4.02. The van der Waals surface area contributed by atoms with Crippen LogP contribution in [0.2, 0.25) is 0 Å². The Hall–Kier alpha value is -3.80. The van der Waals surface area contributed by atoms with E-state index in [1.54, 1.807) is 25.1 Å². The number of carbonyl (C=O) groups is 2. The van der Waals surface area contributed by atoms with E-state index in [0.29, 0.717) is 11.6 Å². The number of alkyl halides is 3. The quantitative estimate of drug-likeness (QED) is 0.509. The third kappa shape index (κ3) is 5.95. The van der Waals surface area contributed by atoms with Crippen molar-refractivity contribution in [3.8, 4) is 0 Å². The molecule has 0 unspecified atom stereocenters. The number of hydrogen-bond donors (Lipinski definition) is 2. The number of furan rings is 1. The Bertz CT molecular complexity index is 1310. The second-order valence-corrected chi connectivity index (χ2v) is 9.24. The predicted octanol–water partition coefficient (Wildman–Crippen LogP) is 4.26. The van der Waals surface area contributed by atoms with Gasteiger partial charge in [0.25, 0.3) is 5.91 Å². The summed E-state index contributed by atoms with van der Waals surface area (Å²) in [5.74, 6) is -1.66. The highest BCUT2D eigenvalue weighted by Gasteiger charge is 2.35. The van der Waals surface area contributed by atoms with Crippen molar-refractivity contribution in [3.05, 3.63) is 77.7 Å². The first-order valence-electron chi connectivity index (χ1n) is 9.74. The fraction of sp³-hybridized carbons (Fsp3) is 0.182. The zero-order valence-corrected chi connectivity index (χ0v) is 18.8. The molecule has 0 atom stereocenters. The molecule has 0 saturated heterocycles. The molecule has 34 heavy (non-hydrogen) atoms. The lowest BCUT2D eigenvalue weighted by atomic mass is 10.1. The number of nitrogens with zero attached hydrogens (tertiary/aromatic N) is 1. The predicted molar refractivity (Wildman–Crippen MR) is 120 cm³/mol. The lowest BCUT2D eigenvalue weighted by molar-refractivity contribution is -0.136. The van der Waals surface area contributed by atoms with E-state index in [0.717, 1.165) is 22.9 Å². The van der Waals surface area contributed by atoms with E-state index in [9.17, 15) is 31.2 Å². The van der Waals surface area contributed by atoms with E-state index in [2.05, 4.69) is 10.6 Å². The third-order valence-electron chi connectivity index (χ3n) is 4.71. The van der Waals surface area contributed by atoms with Crippen molar-refractivity contribution in [1.29, 1.82) is 0 Å². The highest BCUT2D eigenvalue weighted by molar-refractivity contribution is 7.92. The topological polar surface area (TPSA) is 109 Å². The van der Waals surface area contributed by atoms with E-state index in [-0.39, 0.29) is 16.9 Å². The van der Waals surface area contributed by atoms with E-state index in [1.807, 2.05) is 0 Å². The maximum Gasteiger partial charge on any atom is 0.418 e. The van der Waals surface area contributed by atoms with Crippen LogP contribution in [0, 0.1) is 6.92 Å². The molecule has 0 bridgehead atoms. The SMILES string of the molecule is Cc1ccccc1N(CC(=O)Nc1ccc(NC(=O)c2ccoc2)cc1C(F)(F)F)S(C)(=O)=O. The van der Waals surface area contributed by atoms with Gasteiger partial charge in [0.2, 0.25) is 15.9 Å². The van der Waals surface area contributed by atoms with Crippen LogP contribution in [0.1, 0.15) is 21.5 Å². The fourth-order valence-electron chi connectivity index (χ4n) is 3.11. The van der Waals surface area contributed by atoms with Crippen LogP contribution in [0.3, 0.4) is 0 Å². The molecule has 2 N–H and O–H groups in total. The highest BCUT2D eigenvalue weighted by atomic mass is 32.2. The lowest BCUT2D eigenvalue weighted by Crippen LogP contribution is -2.38. The van der Waals surface area contributed by atoms with Gasteiger partial charge in [-0.1, -0.05) is 18.2 Å². The van der Waals surface area contributed by atoms with Gasteiger partial charge in [0.15, 0.2) is 0 Å². The summed E-state index contributed by atoms with van der Waals surface area (Å²) in [6.07, 6.45) is -1.60. The summed E-state index contributed by atoms with van der Waals surface area (Å²) in [5, 5.41) is 4.44. The Morgan fingerprint density at radius 2 is 1.76 bits per heavy atom. The standard InChI is InChI=1S/C22H20F3N3O5S/c1-14-5-3-4-6-19(14)28(34(2,31)32)12-20(29)27-18-8-7-16(11-17(18)22(23,24)25)26-21(30)15-9-10-33-13-15/h3-11,13H,12H2,1-2H3,(H,26,30)(H,27,29). The first kappa shape index (κ1) is 24.8. The number of carbonyl (C=O) groups excluding carboxylic acids is 2. The summed E-state index contributed by atoms with van der Waals surface area (Å²) in [7, 11) is -3.91. The third-order valence-corrected chi connectivity index (χ3v) is 5.84. The Labute approximate surface area is 193 Å². The molecule has 1 aromatic heterocycles. The normalized spacial score (nSPS) is 11.7. The molecule has 8 nitrogen and oxygen atoms in total. The van der Waals surface area contributed by atoms with Gasteiger partial charge in [0.1, 0.15) is 12.8 Å². The van der Waals surface area contributed by atoms with Gasteiger partial charge in [-0.3, -0.25) is 13.9 Å². The summed E-state index contributed by atoms with van der Waals surface area (Å²) in [6.45, 7) is 0.906. The van der Waals surface area contributed by atoms with Gasteiger partial charge in [0.05, 0.1) is 35.0 Å². The van der Waals surface area contributed by atoms with Crippen LogP contribution in [0.25, 0.3) is 0 Å². The van der Waals surface area contributed by atoms with E-state index >= 15 is 0 Å². The largest absolute Gasteiger partial charge is 0.472 e. The summed E-state index contributed by atoms with van der Waals surface area (Å²) < 4.78 is 71.1. The maximum atomic E-state index is 13.7. The Balaban J connectivity index is 1.85. The average Bonchev–Trinajstić information content (AvgIpc) is 3.27. The van der Waals surface area contributed by atoms with Crippen molar-refractivity contribution in [2.75, 3.05) is 27.7 Å². The Morgan fingerprint density at radius 1 is 1.06 bits per heavy atom. The molecule has 0 fully saturated rings. The minimum Gasteiger partial charge on any atom is -0.472 e. The van der Waals surface area contributed by atoms with Crippen molar-refractivity contribution < 1.29 is 35.6 Å². The molecule has 180 valence electrons. The number of aryl methyl sites for hydroxylation is 1. The van der Waals surface area contributed by atoms with Crippen molar-refractivity contribution >= 4 is 38.9 Å². The van der Waals surface area contributed by atoms with Crippen LogP contribution >= 0.6 is 0 Å². The van der Waals surface area contributed by atoms with Crippen LogP contribution in [-0.4, -0.2) is 33.0 Å². The molecule has 0 saturated carbocycles. The molecule has 1 heterocycles. The second kappa shape index (κ2) is 9.59. The van der Waals surface area contributed by atoms with Crippen molar-refractivity contribution in [2.45, 2.75) is 13.1 Å². The number of rotatable bonds is 7. The van der Waals surface area contributed by atoms with Gasteiger partial charge in [-0.2, -0.15) is 13.2 Å². The zero-order valence-electron chi connectivity index (χ0n) is 18.0. The zero-order chi connectivity index (χ0) is 25.1. The first-order chi connectivity index (χ1) is 15.9. The number of hydrogen-bond acceptors (Lipinski definition) is 5. The smallest absolute Gasteiger partial charge is 0.418 e. The second-order valence-electron chi connectivity index (χ2n) is 7.33. The minimum atomic E-state index is -4.87. The molecular weight excluding hydrogens is 475 g/mol. The van der Waals surface area contributed by atoms with Crippen molar-refractivity contribution in [1.82, 2.24) is 0 Å². The van der Waals surface area contributed by atoms with Gasteiger partial charge in [-0.15, -0.1) is 0 Å². The van der Waals surface area contributed by atoms with Crippen LogP contribution in [0.4, 0.5) is 30.2 Å². The van der Waals surface area contributed by atoms with Crippen LogP contribution in [0.5, 0.6) is 0 Å². The maximum absolute atomic E-state index is 13.7. The first-order valence-corrected chi connectivity index (χ1v) is 11.6. The molecule has 0 aliphatic carbocycles. The molecule has 0 spiro atoms. The van der Waals surface area contributed by atoms with Crippen LogP contribution in [-0.2, 0) is 21.0 Å². The van der Waals surface area contributed by atoms with Gasteiger partial charge in [-0.05, 0) is 42.8 Å². The minimum absolute atomic E-state index is 0.114. The Morgan fingerprint density at radius 3 is 2.35 bits per heavy atom. The van der Waals surface area contributed by atoms with Crippen LogP contribution < -0.4 is 14.9 Å². The lowest BCUT2D eigenvalue weighted by Gasteiger charge is -2.24. The molecule has 0 aliphatic rings. The summed E-state index contributed by atoms with van der Waals surface area (Å²) >= 11 is 0. The van der Waals surface area contributed by atoms with Crippen molar-refractivity contribution in [3.63, 3.8) is 0 Å². The van der Waals surface area contributed by atoms with Crippen molar-refractivity contribution in [2.24, 2.45) is 0 Å². The van der Waals surface area contributed by atoms with E-state index in [4.69, 9.17) is 4.42 Å². The van der Waals surface area contributed by atoms with Gasteiger partial charge in [-0.25, -0.2) is 8.42 Å². The number of sulfonamides is 1. The number of benzene rings is 2. The average molecular weight is 495 g/mol. The summed E-state index contributed by atoms with van der Waals surface area (Å²) in [5.41, 5.74) is -1.05. The van der Waals surface area contributed by atoms with Gasteiger partial charge in [0, 0.05) is 5.69 Å². The summed E-state index contributed by atoms with van der Waals surface area (Å²) in [4.78, 5) is 24.7. The molecule has 3 rings (SSSR count). The number of anilines is 3. The molecule has 3 aromatic rings. The molecule has 0 radical (unpaired) electrons.